The first-order valence-corrected chi connectivity index (χ1v) is 9.13. The fourth-order valence-corrected chi connectivity index (χ4v) is 2.94. The van der Waals surface area contributed by atoms with Crippen LogP contribution in [0.2, 0.25) is 0 Å². The highest BCUT2D eigenvalue weighted by Gasteiger charge is 2.14. The number of nitrogens with zero attached hydrogens (tertiary/aromatic N) is 2. The van der Waals surface area contributed by atoms with Gasteiger partial charge in [-0.2, -0.15) is 0 Å². The van der Waals surface area contributed by atoms with E-state index in [4.69, 9.17) is 12.2 Å². The average Bonchev–Trinajstić information content (AvgIpc) is 2.56. The molecule has 0 aromatic heterocycles. The van der Waals surface area contributed by atoms with Crippen LogP contribution in [0.5, 0.6) is 0 Å². The Kier molecular flexibility index (Phi) is 7.46. The van der Waals surface area contributed by atoms with E-state index in [-0.39, 0.29) is 5.91 Å². The lowest BCUT2D eigenvalue weighted by molar-refractivity contribution is -0.119. The summed E-state index contributed by atoms with van der Waals surface area (Å²) in [5.41, 5.74) is 2.12. The number of carbonyl (C=O) groups excluding carboxylic acids is 1. The van der Waals surface area contributed by atoms with Crippen molar-refractivity contribution in [1.29, 1.82) is 0 Å². The Morgan fingerprint density at radius 3 is 2.42 bits per heavy atom. The van der Waals surface area contributed by atoms with Gasteiger partial charge in [0.15, 0.2) is 5.11 Å². The molecule has 1 aliphatic rings. The normalized spacial score (nSPS) is 15.2. The Labute approximate surface area is 150 Å². The van der Waals surface area contributed by atoms with Gasteiger partial charge in [0.25, 0.3) is 0 Å². The minimum absolute atomic E-state index is 0.0185. The van der Waals surface area contributed by atoms with Gasteiger partial charge in [-0.3, -0.25) is 4.79 Å². The molecule has 2 rings (SSSR count). The fourth-order valence-electron chi connectivity index (χ4n) is 2.71. The Hall–Kier alpha value is -1.66. The first kappa shape index (κ1) is 18.7. The van der Waals surface area contributed by atoms with Crippen molar-refractivity contribution in [1.82, 2.24) is 10.2 Å². The number of likely N-dealkylation sites (N-methyl/N-ethyl adjacent to an activating group) is 1. The highest BCUT2D eigenvalue weighted by molar-refractivity contribution is 7.80. The van der Waals surface area contributed by atoms with E-state index in [0.29, 0.717) is 11.5 Å². The van der Waals surface area contributed by atoms with Gasteiger partial charge in [-0.15, -0.1) is 0 Å². The standard InChI is InChI=1S/C18H28N4OS/c1-3-4-5-6-17(23)20-18(24)19-15-7-9-16(10-8-15)22-13-11-21(2)12-14-22/h7-10H,3-6,11-14H2,1-2H3,(H2,19,20,23,24). The Morgan fingerprint density at radius 2 is 1.79 bits per heavy atom. The number of benzene rings is 1. The summed E-state index contributed by atoms with van der Waals surface area (Å²) in [6.07, 6.45) is 3.61. The van der Waals surface area contributed by atoms with Crippen LogP contribution in [0.1, 0.15) is 32.6 Å². The maximum absolute atomic E-state index is 11.8. The molecule has 132 valence electrons. The van der Waals surface area contributed by atoms with Crippen LogP contribution in [-0.4, -0.2) is 49.1 Å². The fraction of sp³-hybridized carbons (Fsp3) is 0.556. The molecule has 0 saturated carbocycles. The van der Waals surface area contributed by atoms with Gasteiger partial charge in [0.2, 0.25) is 5.91 Å². The zero-order valence-corrected chi connectivity index (χ0v) is 15.5. The van der Waals surface area contributed by atoms with Crippen molar-refractivity contribution in [3.63, 3.8) is 0 Å². The third-order valence-corrected chi connectivity index (χ3v) is 4.46. The number of thiocarbonyl (C=S) groups is 1. The molecular weight excluding hydrogens is 320 g/mol. The summed E-state index contributed by atoms with van der Waals surface area (Å²) in [6.45, 7) is 6.41. The molecule has 2 N–H and O–H groups in total. The number of carbonyl (C=O) groups is 1. The van der Waals surface area contributed by atoms with Crippen LogP contribution in [0.25, 0.3) is 0 Å². The third-order valence-electron chi connectivity index (χ3n) is 4.25. The molecule has 1 aromatic rings. The summed E-state index contributed by atoms with van der Waals surface area (Å²) in [5, 5.41) is 6.17. The second-order valence-electron chi connectivity index (χ2n) is 6.30. The van der Waals surface area contributed by atoms with Crippen molar-refractivity contribution in [3.8, 4) is 0 Å². The smallest absolute Gasteiger partial charge is 0.226 e. The molecule has 0 unspecified atom stereocenters. The van der Waals surface area contributed by atoms with Crippen molar-refractivity contribution in [2.75, 3.05) is 43.4 Å². The molecule has 24 heavy (non-hydrogen) atoms. The van der Waals surface area contributed by atoms with E-state index in [1.54, 1.807) is 0 Å². The Bertz CT molecular complexity index is 538. The molecule has 1 fully saturated rings. The molecule has 0 atom stereocenters. The maximum Gasteiger partial charge on any atom is 0.226 e. The highest BCUT2D eigenvalue weighted by atomic mass is 32.1. The van der Waals surface area contributed by atoms with Gasteiger partial charge in [-0.25, -0.2) is 0 Å². The molecule has 1 heterocycles. The van der Waals surface area contributed by atoms with Crippen molar-refractivity contribution in [2.45, 2.75) is 32.6 Å². The summed E-state index contributed by atoms with van der Waals surface area (Å²) >= 11 is 5.20. The average molecular weight is 349 g/mol. The van der Waals surface area contributed by atoms with Crippen LogP contribution in [0.4, 0.5) is 11.4 Å². The van der Waals surface area contributed by atoms with E-state index < -0.39 is 0 Å². The van der Waals surface area contributed by atoms with Crippen LogP contribution in [0.3, 0.4) is 0 Å². The lowest BCUT2D eigenvalue weighted by Gasteiger charge is -2.34. The quantitative estimate of drug-likeness (QED) is 0.611. The predicted molar refractivity (Wildman–Crippen MR) is 105 cm³/mol. The van der Waals surface area contributed by atoms with Crippen LogP contribution in [-0.2, 0) is 4.79 Å². The monoisotopic (exact) mass is 348 g/mol. The molecule has 1 aromatic carbocycles. The molecule has 0 bridgehead atoms. The zero-order chi connectivity index (χ0) is 17.4. The molecular formula is C18H28N4OS. The van der Waals surface area contributed by atoms with E-state index in [1.807, 2.05) is 12.1 Å². The lowest BCUT2D eigenvalue weighted by Crippen LogP contribution is -2.44. The van der Waals surface area contributed by atoms with Gasteiger partial charge < -0.3 is 20.4 Å². The van der Waals surface area contributed by atoms with Gasteiger partial charge in [-0.1, -0.05) is 19.8 Å². The van der Waals surface area contributed by atoms with Crippen LogP contribution in [0, 0.1) is 0 Å². The van der Waals surface area contributed by atoms with Gasteiger partial charge in [0.1, 0.15) is 0 Å². The van der Waals surface area contributed by atoms with Gasteiger partial charge >= 0.3 is 0 Å². The van der Waals surface area contributed by atoms with Crippen LogP contribution >= 0.6 is 12.2 Å². The van der Waals surface area contributed by atoms with Crippen molar-refractivity contribution >= 4 is 34.6 Å². The largest absolute Gasteiger partial charge is 0.369 e. The number of rotatable bonds is 6. The molecule has 1 aliphatic heterocycles. The Balaban J connectivity index is 1.78. The van der Waals surface area contributed by atoms with Crippen LogP contribution < -0.4 is 15.5 Å². The molecule has 5 nitrogen and oxygen atoms in total. The number of unbranched alkanes of at least 4 members (excludes halogenated alkanes) is 2. The van der Waals surface area contributed by atoms with Gasteiger partial charge in [0, 0.05) is 44.0 Å². The number of amides is 1. The maximum atomic E-state index is 11.8. The zero-order valence-electron chi connectivity index (χ0n) is 14.7. The molecule has 0 aliphatic carbocycles. The predicted octanol–water partition coefficient (Wildman–Crippen LogP) is 2.83. The minimum Gasteiger partial charge on any atom is -0.369 e. The summed E-state index contributed by atoms with van der Waals surface area (Å²) in [5.74, 6) is -0.0185. The van der Waals surface area contributed by atoms with Gasteiger partial charge in [-0.05, 0) is 50.0 Å². The molecule has 0 radical (unpaired) electrons. The Morgan fingerprint density at radius 1 is 1.12 bits per heavy atom. The lowest BCUT2D eigenvalue weighted by atomic mass is 10.2. The summed E-state index contributed by atoms with van der Waals surface area (Å²) in [7, 11) is 2.15. The number of hydrogen-bond acceptors (Lipinski definition) is 4. The van der Waals surface area contributed by atoms with Crippen molar-refractivity contribution in [3.05, 3.63) is 24.3 Å². The van der Waals surface area contributed by atoms with Crippen molar-refractivity contribution < 1.29 is 4.79 Å². The first-order chi connectivity index (χ1) is 11.6. The molecule has 0 spiro atoms. The number of hydrogen-bond donors (Lipinski definition) is 2. The highest BCUT2D eigenvalue weighted by Crippen LogP contribution is 2.19. The number of anilines is 2. The van der Waals surface area contributed by atoms with E-state index in [9.17, 15) is 4.79 Å². The first-order valence-electron chi connectivity index (χ1n) is 8.73. The van der Waals surface area contributed by atoms with Gasteiger partial charge in [0.05, 0.1) is 0 Å². The second-order valence-corrected chi connectivity index (χ2v) is 6.70. The number of nitrogens with one attached hydrogen (secondary N) is 2. The van der Waals surface area contributed by atoms with Crippen LogP contribution in [0.15, 0.2) is 24.3 Å². The van der Waals surface area contributed by atoms with E-state index in [0.717, 1.165) is 51.1 Å². The second kappa shape index (κ2) is 9.59. The number of piperazine rings is 1. The third kappa shape index (κ3) is 6.09. The summed E-state index contributed by atoms with van der Waals surface area (Å²) in [6, 6.07) is 8.20. The molecule has 1 saturated heterocycles. The van der Waals surface area contributed by atoms with Crippen molar-refractivity contribution in [2.24, 2.45) is 0 Å². The topological polar surface area (TPSA) is 47.6 Å². The molecule has 1 amide bonds. The van der Waals surface area contributed by atoms with E-state index in [1.165, 1.54) is 5.69 Å². The van der Waals surface area contributed by atoms with E-state index >= 15 is 0 Å². The minimum atomic E-state index is -0.0185. The SMILES string of the molecule is CCCCCC(=O)NC(=S)Nc1ccc(N2CCN(C)CC2)cc1. The summed E-state index contributed by atoms with van der Waals surface area (Å²) in [4.78, 5) is 16.5. The summed E-state index contributed by atoms with van der Waals surface area (Å²) < 4.78 is 0. The molecule has 6 heteroatoms. The van der Waals surface area contributed by atoms with E-state index in [2.05, 4.69) is 46.5 Å².